The summed E-state index contributed by atoms with van der Waals surface area (Å²) in [6.07, 6.45) is 15.6. The van der Waals surface area contributed by atoms with Crippen molar-refractivity contribution in [2.45, 2.75) is 123 Å². The van der Waals surface area contributed by atoms with Crippen LogP contribution in [-0.4, -0.2) is 51.1 Å². The Morgan fingerprint density at radius 1 is 0.769 bits per heavy atom. The van der Waals surface area contributed by atoms with Crippen LogP contribution in [0, 0.1) is 0 Å². The standard InChI is InChI=1S/C26H52NO9P.2Na/c1-3-4-5-6-7-8-9-10-12-15-18-26(29)36-25(22-35-37(30,31)32)21-34-23-33-20-17-14-11-13-16-19-27-24(2)28;;/h25H,3-23H2,1-2H3,(H,27,28)(H2,30,31,32);;/q;2*+1/p-2/t25-;;/m1../s1. The van der Waals surface area contributed by atoms with E-state index in [1.807, 2.05) is 0 Å². The maximum Gasteiger partial charge on any atom is 1.00 e. The first-order valence-corrected chi connectivity index (χ1v) is 15.5. The van der Waals surface area contributed by atoms with Gasteiger partial charge in [-0.1, -0.05) is 84.0 Å². The smallest absolute Gasteiger partial charge is 0.790 e. The molecule has 0 aromatic carbocycles. The van der Waals surface area contributed by atoms with E-state index in [4.69, 9.17) is 14.2 Å². The number of ether oxygens (including phenoxy) is 3. The molecule has 0 aromatic rings. The monoisotopic (exact) mass is 597 g/mol. The molecular weight excluding hydrogens is 547 g/mol. The fourth-order valence-corrected chi connectivity index (χ4v) is 4.06. The summed E-state index contributed by atoms with van der Waals surface area (Å²) in [6, 6.07) is 0. The molecule has 10 nitrogen and oxygen atoms in total. The van der Waals surface area contributed by atoms with E-state index in [0.717, 1.165) is 51.4 Å². The van der Waals surface area contributed by atoms with E-state index in [1.165, 1.54) is 45.4 Å². The topological polar surface area (TPSA) is 146 Å². The van der Waals surface area contributed by atoms with Gasteiger partial charge in [-0.15, -0.1) is 0 Å². The van der Waals surface area contributed by atoms with E-state index in [-0.39, 0.29) is 84.8 Å². The third kappa shape index (κ3) is 36.9. The molecule has 0 saturated carbocycles. The van der Waals surface area contributed by atoms with Gasteiger partial charge in [-0.2, -0.15) is 0 Å². The summed E-state index contributed by atoms with van der Waals surface area (Å²) in [7, 11) is -5.18. The second-order valence-corrected chi connectivity index (χ2v) is 10.6. The Kier molecular flexibility index (Phi) is 36.3. The fourth-order valence-electron chi connectivity index (χ4n) is 3.71. The molecule has 0 aliphatic rings. The third-order valence-corrected chi connectivity index (χ3v) is 6.23. The van der Waals surface area contributed by atoms with Gasteiger partial charge in [0.2, 0.25) is 5.91 Å². The van der Waals surface area contributed by atoms with Crippen molar-refractivity contribution < 1.29 is 102 Å². The maximum atomic E-state index is 12.1. The van der Waals surface area contributed by atoms with E-state index in [0.29, 0.717) is 19.6 Å². The average Bonchev–Trinajstić information content (AvgIpc) is 2.83. The van der Waals surface area contributed by atoms with Crippen LogP contribution in [0.5, 0.6) is 0 Å². The van der Waals surface area contributed by atoms with Crippen molar-refractivity contribution in [3.05, 3.63) is 0 Å². The zero-order valence-corrected chi connectivity index (χ0v) is 29.9. The Hall–Kier alpha value is 0.970. The molecule has 0 aromatic heterocycles. The number of esters is 1. The molecule has 0 heterocycles. The summed E-state index contributed by atoms with van der Waals surface area (Å²) in [5.41, 5.74) is 0. The molecule has 0 saturated heterocycles. The summed E-state index contributed by atoms with van der Waals surface area (Å²) < 4.78 is 31.1. The van der Waals surface area contributed by atoms with Crippen LogP contribution in [0.15, 0.2) is 0 Å². The Morgan fingerprint density at radius 3 is 1.87 bits per heavy atom. The van der Waals surface area contributed by atoms with Crippen LogP contribution in [0.25, 0.3) is 0 Å². The number of unbranched alkanes of at least 4 members (excludes halogenated alkanes) is 13. The van der Waals surface area contributed by atoms with Gasteiger partial charge in [0.15, 0.2) is 0 Å². The number of hydrogen-bond acceptors (Lipinski definition) is 9. The summed E-state index contributed by atoms with van der Waals surface area (Å²) in [5, 5.41) is 2.76. The molecule has 1 amide bonds. The van der Waals surface area contributed by atoms with E-state index in [1.54, 1.807) is 0 Å². The first-order valence-electron chi connectivity index (χ1n) is 14.0. The quantitative estimate of drug-likeness (QED) is 0.0379. The van der Waals surface area contributed by atoms with Crippen molar-refractivity contribution in [3.8, 4) is 0 Å². The van der Waals surface area contributed by atoms with Crippen molar-refractivity contribution in [2.24, 2.45) is 0 Å². The van der Waals surface area contributed by atoms with Crippen LogP contribution in [0.2, 0.25) is 0 Å². The number of carbonyl (C=O) groups excluding carboxylic acids is 2. The molecule has 0 radical (unpaired) electrons. The molecule has 0 fully saturated rings. The van der Waals surface area contributed by atoms with Crippen LogP contribution in [0.4, 0.5) is 0 Å². The predicted octanol–water partition coefficient (Wildman–Crippen LogP) is -1.86. The van der Waals surface area contributed by atoms with Crippen molar-refractivity contribution >= 4 is 19.7 Å². The Bertz CT molecular complexity index is 612. The molecule has 0 bridgehead atoms. The molecule has 220 valence electrons. The van der Waals surface area contributed by atoms with Gasteiger partial charge in [-0.3, -0.25) is 9.59 Å². The van der Waals surface area contributed by atoms with Gasteiger partial charge in [0, 0.05) is 26.5 Å². The van der Waals surface area contributed by atoms with E-state index in [2.05, 4.69) is 16.8 Å². The van der Waals surface area contributed by atoms with Crippen molar-refractivity contribution in [1.82, 2.24) is 5.32 Å². The van der Waals surface area contributed by atoms with Crippen molar-refractivity contribution in [2.75, 3.05) is 33.2 Å². The van der Waals surface area contributed by atoms with Gasteiger partial charge in [-0.05, 0) is 19.3 Å². The molecule has 39 heavy (non-hydrogen) atoms. The molecule has 0 aliphatic carbocycles. The molecule has 13 heteroatoms. The van der Waals surface area contributed by atoms with Crippen LogP contribution in [0.1, 0.15) is 117 Å². The number of phosphoric acid groups is 1. The third-order valence-electron chi connectivity index (χ3n) is 5.76. The summed E-state index contributed by atoms with van der Waals surface area (Å²) >= 11 is 0. The van der Waals surface area contributed by atoms with Crippen LogP contribution < -0.4 is 74.2 Å². The Balaban J connectivity index is -0.00000648. The molecule has 1 N–H and O–H groups in total. The van der Waals surface area contributed by atoms with Gasteiger partial charge in [0.1, 0.15) is 12.9 Å². The Morgan fingerprint density at radius 2 is 1.31 bits per heavy atom. The van der Waals surface area contributed by atoms with Crippen LogP contribution in [-0.2, 0) is 32.9 Å². The van der Waals surface area contributed by atoms with Crippen LogP contribution >= 0.6 is 7.82 Å². The number of carbonyl (C=O) groups is 2. The minimum absolute atomic E-state index is 0. The van der Waals surface area contributed by atoms with Crippen molar-refractivity contribution in [3.63, 3.8) is 0 Å². The number of amides is 1. The van der Waals surface area contributed by atoms with Gasteiger partial charge in [0.25, 0.3) is 0 Å². The number of phosphoric ester groups is 1. The SMILES string of the molecule is CCCCCCCCCCCCC(=O)O[C@H](COCOCCCCCCCNC(C)=O)COP(=O)([O-])[O-].[Na+].[Na+]. The zero-order chi connectivity index (χ0) is 27.6. The van der Waals surface area contributed by atoms with Gasteiger partial charge in [0.05, 0.1) is 21.0 Å². The normalized spacial score (nSPS) is 11.8. The predicted molar refractivity (Wildman–Crippen MR) is 138 cm³/mol. The Labute approximate surface area is 280 Å². The van der Waals surface area contributed by atoms with Gasteiger partial charge < -0.3 is 38.4 Å². The molecular formula is C26H50NNa2O9P. The molecule has 0 spiro atoms. The number of nitrogens with one attached hydrogen (secondary N) is 1. The number of rotatable bonds is 27. The summed E-state index contributed by atoms with van der Waals surface area (Å²) in [4.78, 5) is 44.5. The fraction of sp³-hybridized carbons (Fsp3) is 0.923. The second kappa shape index (κ2) is 31.9. The molecule has 0 unspecified atom stereocenters. The first kappa shape index (κ1) is 44.4. The largest absolute Gasteiger partial charge is 1.00 e. The van der Waals surface area contributed by atoms with Gasteiger partial charge in [-0.25, -0.2) is 0 Å². The summed E-state index contributed by atoms with van der Waals surface area (Å²) in [5.74, 6) is -0.482. The molecule has 0 aliphatic heterocycles. The van der Waals surface area contributed by atoms with Crippen LogP contribution in [0.3, 0.4) is 0 Å². The summed E-state index contributed by atoms with van der Waals surface area (Å²) in [6.45, 7) is 4.16. The number of hydrogen-bond donors (Lipinski definition) is 1. The van der Waals surface area contributed by atoms with E-state index in [9.17, 15) is 23.9 Å². The minimum Gasteiger partial charge on any atom is -0.790 e. The van der Waals surface area contributed by atoms with Crippen molar-refractivity contribution in [1.29, 1.82) is 0 Å². The van der Waals surface area contributed by atoms with Gasteiger partial charge >= 0.3 is 65.1 Å². The van der Waals surface area contributed by atoms with E-state index < -0.39 is 26.5 Å². The zero-order valence-electron chi connectivity index (χ0n) is 25.0. The first-order chi connectivity index (χ1) is 17.7. The molecule has 1 atom stereocenters. The van der Waals surface area contributed by atoms with E-state index >= 15 is 0 Å². The second-order valence-electron chi connectivity index (χ2n) is 9.43. The average molecular weight is 598 g/mol. The molecule has 0 rings (SSSR count). The maximum absolute atomic E-state index is 12.1. The minimum atomic E-state index is -5.18.